The van der Waals surface area contributed by atoms with E-state index in [1.54, 1.807) is 13.2 Å². The molecule has 5 heteroatoms. The van der Waals surface area contributed by atoms with Gasteiger partial charge in [-0.25, -0.2) is 4.79 Å². The molecule has 114 valence electrons. The van der Waals surface area contributed by atoms with Gasteiger partial charge >= 0.3 is 11.9 Å². The average Bonchev–Trinajstić information content (AvgIpc) is 2.46. The lowest BCUT2D eigenvalue weighted by Crippen LogP contribution is -2.11. The lowest BCUT2D eigenvalue weighted by Gasteiger charge is -2.17. The fourth-order valence-electron chi connectivity index (χ4n) is 1.86. The SMILES string of the molecule is COC(=O)/C=C/[C@H](COC(C)=O)c1cc(C)ccc1OC. The molecule has 0 fully saturated rings. The molecule has 21 heavy (non-hydrogen) atoms. The quantitative estimate of drug-likeness (QED) is 0.595. The van der Waals surface area contributed by atoms with Crippen LogP contribution in [0.1, 0.15) is 24.0 Å². The molecule has 0 aliphatic rings. The molecule has 1 rings (SSSR count). The van der Waals surface area contributed by atoms with Gasteiger partial charge in [0.05, 0.1) is 14.2 Å². The molecule has 0 aliphatic carbocycles. The third-order valence-corrected chi connectivity index (χ3v) is 2.92. The van der Waals surface area contributed by atoms with Crippen LogP contribution < -0.4 is 4.74 Å². The second kappa shape index (κ2) is 8.09. The molecule has 0 N–H and O–H groups in total. The van der Waals surface area contributed by atoms with E-state index in [1.807, 2.05) is 25.1 Å². The van der Waals surface area contributed by atoms with Crippen LogP contribution in [0.4, 0.5) is 0 Å². The molecule has 0 bridgehead atoms. The maximum Gasteiger partial charge on any atom is 0.330 e. The highest BCUT2D eigenvalue weighted by atomic mass is 16.5. The number of carbonyl (C=O) groups is 2. The van der Waals surface area contributed by atoms with Crippen molar-refractivity contribution < 1.29 is 23.8 Å². The first kappa shape index (κ1) is 16.8. The van der Waals surface area contributed by atoms with Gasteiger partial charge in [-0.3, -0.25) is 4.79 Å². The Hall–Kier alpha value is -2.30. The molecule has 1 aromatic rings. The summed E-state index contributed by atoms with van der Waals surface area (Å²) >= 11 is 0. The predicted molar refractivity (Wildman–Crippen MR) is 78.3 cm³/mol. The summed E-state index contributed by atoms with van der Waals surface area (Å²) in [5.74, 6) is -0.456. The lowest BCUT2D eigenvalue weighted by molar-refractivity contribution is -0.141. The fourth-order valence-corrected chi connectivity index (χ4v) is 1.86. The molecule has 0 saturated carbocycles. The van der Waals surface area contributed by atoms with Crippen LogP contribution in [0.3, 0.4) is 0 Å². The zero-order valence-corrected chi connectivity index (χ0v) is 12.7. The van der Waals surface area contributed by atoms with Gasteiger partial charge in [-0.1, -0.05) is 23.8 Å². The summed E-state index contributed by atoms with van der Waals surface area (Å²) in [6.45, 7) is 3.42. The van der Waals surface area contributed by atoms with Gasteiger partial charge in [0.15, 0.2) is 0 Å². The van der Waals surface area contributed by atoms with Crippen molar-refractivity contribution in [2.75, 3.05) is 20.8 Å². The topological polar surface area (TPSA) is 61.8 Å². The standard InChI is InChI=1S/C16H20O5/c1-11-5-7-15(19-3)14(9-11)13(10-21-12(2)17)6-8-16(18)20-4/h5-9,13H,10H2,1-4H3/b8-6+/t13-/m1/s1. The molecule has 5 nitrogen and oxygen atoms in total. The molecule has 0 spiro atoms. The van der Waals surface area contributed by atoms with Crippen LogP contribution in [0, 0.1) is 6.92 Å². The van der Waals surface area contributed by atoms with Gasteiger partial charge in [-0.15, -0.1) is 0 Å². The Morgan fingerprint density at radius 2 is 2.00 bits per heavy atom. The van der Waals surface area contributed by atoms with Crippen molar-refractivity contribution in [2.45, 2.75) is 19.8 Å². The number of carbonyl (C=O) groups excluding carboxylic acids is 2. The minimum absolute atomic E-state index is 0.128. The molecule has 0 amide bonds. The van der Waals surface area contributed by atoms with E-state index in [0.717, 1.165) is 11.1 Å². The maximum absolute atomic E-state index is 11.3. The summed E-state index contributed by atoms with van der Waals surface area (Å²) < 4.78 is 15.0. The fraction of sp³-hybridized carbons (Fsp3) is 0.375. The van der Waals surface area contributed by atoms with Crippen LogP contribution in [0.15, 0.2) is 30.4 Å². The van der Waals surface area contributed by atoms with Crippen LogP contribution in [-0.2, 0) is 19.1 Å². The molecule has 0 saturated heterocycles. The summed E-state index contributed by atoms with van der Waals surface area (Å²) in [6.07, 6.45) is 2.96. The number of ether oxygens (including phenoxy) is 3. The van der Waals surface area contributed by atoms with E-state index < -0.39 is 5.97 Å². The zero-order valence-electron chi connectivity index (χ0n) is 12.7. The first-order valence-corrected chi connectivity index (χ1v) is 6.52. The number of rotatable bonds is 6. The number of hydrogen-bond donors (Lipinski definition) is 0. The Morgan fingerprint density at radius 3 is 2.57 bits per heavy atom. The van der Waals surface area contributed by atoms with E-state index in [1.165, 1.54) is 20.1 Å². The van der Waals surface area contributed by atoms with Crippen LogP contribution >= 0.6 is 0 Å². The molecule has 0 heterocycles. The van der Waals surface area contributed by atoms with Crippen molar-refractivity contribution in [3.63, 3.8) is 0 Å². The summed E-state index contributed by atoms with van der Waals surface area (Å²) in [5.41, 5.74) is 1.89. The van der Waals surface area contributed by atoms with Gasteiger partial charge in [-0.2, -0.15) is 0 Å². The highest BCUT2D eigenvalue weighted by Crippen LogP contribution is 2.29. The van der Waals surface area contributed by atoms with Crippen molar-refractivity contribution >= 4 is 11.9 Å². The zero-order chi connectivity index (χ0) is 15.8. The highest BCUT2D eigenvalue weighted by Gasteiger charge is 2.16. The molecule has 0 aliphatic heterocycles. The van der Waals surface area contributed by atoms with E-state index in [-0.39, 0.29) is 18.5 Å². The van der Waals surface area contributed by atoms with Gasteiger partial charge in [0.2, 0.25) is 0 Å². The summed E-state index contributed by atoms with van der Waals surface area (Å²) in [5, 5.41) is 0. The van der Waals surface area contributed by atoms with Crippen molar-refractivity contribution in [2.24, 2.45) is 0 Å². The Bertz CT molecular complexity index is 533. The van der Waals surface area contributed by atoms with Gasteiger partial charge in [0.25, 0.3) is 0 Å². The molecule has 1 aromatic carbocycles. The Labute approximate surface area is 124 Å². The molecule has 0 unspecified atom stereocenters. The number of aryl methyl sites for hydroxylation is 1. The van der Waals surface area contributed by atoms with E-state index in [4.69, 9.17) is 9.47 Å². The second-order valence-electron chi connectivity index (χ2n) is 4.54. The minimum Gasteiger partial charge on any atom is -0.496 e. The van der Waals surface area contributed by atoms with Gasteiger partial charge in [0, 0.05) is 24.5 Å². The predicted octanol–water partition coefficient (Wildman–Crippen LogP) is 2.38. The Morgan fingerprint density at radius 1 is 1.29 bits per heavy atom. The lowest BCUT2D eigenvalue weighted by atomic mass is 9.96. The maximum atomic E-state index is 11.3. The van der Waals surface area contributed by atoms with Crippen LogP contribution in [-0.4, -0.2) is 32.8 Å². The normalized spacial score (nSPS) is 12.0. The molecular formula is C16H20O5. The first-order valence-electron chi connectivity index (χ1n) is 6.52. The first-order chi connectivity index (χ1) is 9.97. The van der Waals surface area contributed by atoms with Crippen molar-refractivity contribution in [3.8, 4) is 5.75 Å². The van der Waals surface area contributed by atoms with Gasteiger partial charge in [-0.05, 0) is 13.0 Å². The van der Waals surface area contributed by atoms with Crippen molar-refractivity contribution in [1.29, 1.82) is 0 Å². The van der Waals surface area contributed by atoms with Crippen LogP contribution in [0.5, 0.6) is 5.75 Å². The third kappa shape index (κ3) is 5.30. The van der Waals surface area contributed by atoms with Crippen molar-refractivity contribution in [3.05, 3.63) is 41.5 Å². The summed E-state index contributed by atoms with van der Waals surface area (Å²) in [6, 6.07) is 5.71. The van der Waals surface area contributed by atoms with E-state index in [2.05, 4.69) is 4.74 Å². The Balaban J connectivity index is 3.09. The summed E-state index contributed by atoms with van der Waals surface area (Å²) in [7, 11) is 2.88. The second-order valence-corrected chi connectivity index (χ2v) is 4.54. The largest absolute Gasteiger partial charge is 0.496 e. The molecule has 1 atom stereocenters. The molecular weight excluding hydrogens is 272 g/mol. The third-order valence-electron chi connectivity index (χ3n) is 2.92. The minimum atomic E-state index is -0.463. The number of hydrogen-bond acceptors (Lipinski definition) is 5. The Kier molecular flexibility index (Phi) is 6.46. The van der Waals surface area contributed by atoms with Gasteiger partial charge in [0.1, 0.15) is 12.4 Å². The van der Waals surface area contributed by atoms with Crippen LogP contribution in [0.2, 0.25) is 0 Å². The highest BCUT2D eigenvalue weighted by molar-refractivity contribution is 5.82. The summed E-state index contributed by atoms with van der Waals surface area (Å²) in [4.78, 5) is 22.3. The number of methoxy groups -OCH3 is 2. The molecule has 0 aromatic heterocycles. The van der Waals surface area contributed by atoms with E-state index in [9.17, 15) is 9.59 Å². The monoisotopic (exact) mass is 292 g/mol. The van der Waals surface area contributed by atoms with E-state index in [0.29, 0.717) is 5.75 Å². The number of benzene rings is 1. The number of esters is 2. The van der Waals surface area contributed by atoms with Gasteiger partial charge < -0.3 is 14.2 Å². The van der Waals surface area contributed by atoms with Crippen LogP contribution in [0.25, 0.3) is 0 Å². The van der Waals surface area contributed by atoms with Crippen molar-refractivity contribution in [1.82, 2.24) is 0 Å². The molecule has 0 radical (unpaired) electrons. The smallest absolute Gasteiger partial charge is 0.330 e. The van der Waals surface area contributed by atoms with E-state index >= 15 is 0 Å². The average molecular weight is 292 g/mol.